The molecular weight excluding hydrogens is 457 g/mol. The Balaban J connectivity index is 1.96. The van der Waals surface area contributed by atoms with Crippen LogP contribution in [-0.2, 0) is 22.6 Å². The summed E-state index contributed by atoms with van der Waals surface area (Å²) < 4.78 is 0.790. The Bertz CT molecular complexity index is 792. The Labute approximate surface area is 174 Å². The summed E-state index contributed by atoms with van der Waals surface area (Å²) in [6.07, 6.45) is 3.08. The van der Waals surface area contributed by atoms with Crippen LogP contribution in [0.4, 0.5) is 0 Å². The van der Waals surface area contributed by atoms with E-state index < -0.39 is 12.1 Å². The van der Waals surface area contributed by atoms with Gasteiger partial charge in [-0.15, -0.1) is 0 Å². The third kappa shape index (κ3) is 3.75. The Hall–Kier alpha value is -1.15. The summed E-state index contributed by atoms with van der Waals surface area (Å²) in [5, 5.41) is 19.4. The van der Waals surface area contributed by atoms with E-state index in [-0.39, 0.29) is 12.3 Å². The quantitative estimate of drug-likeness (QED) is 0.638. The third-order valence-corrected chi connectivity index (χ3v) is 7.86. The minimum atomic E-state index is -1.56. The summed E-state index contributed by atoms with van der Waals surface area (Å²) in [5.74, 6) is -1.14. The number of rotatable bonds is 3. The molecule has 148 valence electrons. The zero-order valence-corrected chi connectivity index (χ0v) is 18.6. The van der Waals surface area contributed by atoms with Crippen molar-refractivity contribution in [1.29, 1.82) is 0 Å². The second kappa shape index (κ2) is 7.35. The Morgan fingerprint density at radius 3 is 2.33 bits per heavy atom. The highest BCUT2D eigenvalue weighted by Gasteiger charge is 2.37. The van der Waals surface area contributed by atoms with Crippen molar-refractivity contribution in [3.8, 4) is 0 Å². The number of benzene rings is 1. The van der Waals surface area contributed by atoms with Crippen molar-refractivity contribution in [3.05, 3.63) is 31.4 Å². The van der Waals surface area contributed by atoms with Crippen molar-refractivity contribution >= 4 is 34.5 Å². The van der Waals surface area contributed by atoms with Gasteiger partial charge in [0.25, 0.3) is 0 Å². The van der Waals surface area contributed by atoms with Crippen LogP contribution >= 0.6 is 22.6 Å². The second-order valence-corrected chi connectivity index (χ2v) is 9.85. The monoisotopic (exact) mass is 485 g/mol. The fraction of sp³-hybridized carbons (Fsp3) is 0.619. The molecule has 1 unspecified atom stereocenters. The van der Waals surface area contributed by atoms with Gasteiger partial charge < -0.3 is 15.1 Å². The number of carboxylic acid groups (broad SMARTS) is 1. The molecule has 1 atom stereocenters. The minimum absolute atomic E-state index is 0.117. The molecule has 1 amide bonds. The predicted molar refractivity (Wildman–Crippen MR) is 112 cm³/mol. The lowest BCUT2D eigenvalue weighted by molar-refractivity contribution is -0.147. The minimum Gasteiger partial charge on any atom is -0.479 e. The van der Waals surface area contributed by atoms with Crippen molar-refractivity contribution in [3.63, 3.8) is 0 Å². The molecule has 5 nitrogen and oxygen atoms in total. The van der Waals surface area contributed by atoms with Gasteiger partial charge in [0.05, 0.1) is 6.42 Å². The Kier molecular flexibility index (Phi) is 5.60. The number of carbonyl (C=O) groups is 2. The van der Waals surface area contributed by atoms with Crippen LogP contribution < -0.4 is 0 Å². The van der Waals surface area contributed by atoms with E-state index in [1.165, 1.54) is 0 Å². The molecule has 1 fully saturated rings. The van der Waals surface area contributed by atoms with E-state index in [4.69, 9.17) is 0 Å². The maximum atomic E-state index is 12.9. The zero-order valence-electron chi connectivity index (χ0n) is 16.4. The third-order valence-electron chi connectivity index (χ3n) is 6.47. The van der Waals surface area contributed by atoms with E-state index in [9.17, 15) is 19.8 Å². The molecule has 1 saturated carbocycles. The van der Waals surface area contributed by atoms with Gasteiger partial charge in [-0.05, 0) is 89.8 Å². The number of hydrogen-bond donors (Lipinski definition) is 2. The molecular formula is C21H28INO4. The second-order valence-electron chi connectivity index (χ2n) is 8.77. The first-order valence-electron chi connectivity index (χ1n) is 9.54. The molecule has 1 aliphatic carbocycles. The molecule has 1 aromatic rings. The topological polar surface area (TPSA) is 77.8 Å². The maximum absolute atomic E-state index is 12.9. The van der Waals surface area contributed by atoms with Gasteiger partial charge in [-0.1, -0.05) is 13.8 Å². The Morgan fingerprint density at radius 2 is 1.78 bits per heavy atom. The first kappa shape index (κ1) is 20.6. The molecule has 2 N–H and O–H groups in total. The lowest BCUT2D eigenvalue weighted by Crippen LogP contribution is -2.46. The summed E-state index contributed by atoms with van der Waals surface area (Å²) in [7, 11) is 0. The number of halogens is 1. The average Bonchev–Trinajstić information content (AvgIpc) is 2.60. The van der Waals surface area contributed by atoms with E-state index in [0.717, 1.165) is 51.5 Å². The maximum Gasteiger partial charge on any atom is 0.337 e. The van der Waals surface area contributed by atoms with E-state index in [1.54, 1.807) is 0 Å². The molecule has 0 saturated heterocycles. The van der Waals surface area contributed by atoms with Gasteiger partial charge in [-0.25, -0.2) is 4.79 Å². The molecule has 0 aromatic heterocycles. The van der Waals surface area contributed by atoms with Crippen LogP contribution in [-0.4, -0.2) is 33.0 Å². The van der Waals surface area contributed by atoms with Gasteiger partial charge in [-0.2, -0.15) is 0 Å². The summed E-state index contributed by atoms with van der Waals surface area (Å²) in [5.41, 5.74) is 4.55. The first-order chi connectivity index (χ1) is 12.5. The van der Waals surface area contributed by atoms with Crippen molar-refractivity contribution in [2.24, 2.45) is 5.41 Å². The number of nitrogens with zero attached hydrogens (tertiary/aromatic N) is 1. The van der Waals surface area contributed by atoms with Gasteiger partial charge >= 0.3 is 5.97 Å². The molecule has 2 aliphatic rings. The number of aliphatic hydroxyl groups is 1. The lowest BCUT2D eigenvalue weighted by Gasteiger charge is -2.43. The molecule has 1 heterocycles. The van der Waals surface area contributed by atoms with Crippen molar-refractivity contribution in [2.75, 3.05) is 0 Å². The highest BCUT2D eigenvalue weighted by molar-refractivity contribution is 14.1. The standard InChI is InChI=1S/C21H28INO4/c1-11-14-9-16(24)23(13-5-7-21(3,4)8-6-13)10-15(14)12(2)18(22)17(11)19(25)20(26)27/h13,19,25H,5-10H2,1-4H3,(H,26,27). The van der Waals surface area contributed by atoms with E-state index in [2.05, 4.69) is 36.4 Å². The van der Waals surface area contributed by atoms with Gasteiger partial charge in [0.2, 0.25) is 5.91 Å². The number of amides is 1. The van der Waals surface area contributed by atoms with E-state index in [0.29, 0.717) is 23.6 Å². The van der Waals surface area contributed by atoms with Crippen LogP contribution in [0.1, 0.15) is 73.5 Å². The van der Waals surface area contributed by atoms with Crippen LogP contribution in [0.25, 0.3) is 0 Å². The van der Waals surface area contributed by atoms with E-state index in [1.807, 2.05) is 18.7 Å². The van der Waals surface area contributed by atoms with Crippen LogP contribution in [0.5, 0.6) is 0 Å². The summed E-state index contributed by atoms with van der Waals surface area (Å²) in [4.78, 5) is 26.3. The molecule has 0 spiro atoms. The fourth-order valence-corrected chi connectivity index (χ4v) is 5.58. The zero-order chi connectivity index (χ0) is 20.1. The Morgan fingerprint density at radius 1 is 1.19 bits per heavy atom. The number of hydrogen-bond acceptors (Lipinski definition) is 3. The first-order valence-corrected chi connectivity index (χ1v) is 10.6. The summed E-state index contributed by atoms with van der Waals surface area (Å²) in [6.45, 7) is 8.97. The summed E-state index contributed by atoms with van der Waals surface area (Å²) in [6, 6.07) is 0.292. The van der Waals surface area contributed by atoms with Crippen molar-refractivity contribution in [1.82, 2.24) is 4.90 Å². The number of carbonyl (C=O) groups excluding carboxylic acids is 1. The average molecular weight is 485 g/mol. The van der Waals surface area contributed by atoms with Crippen LogP contribution in [0.3, 0.4) is 0 Å². The van der Waals surface area contributed by atoms with Gasteiger partial charge in [-0.3, -0.25) is 4.79 Å². The lowest BCUT2D eigenvalue weighted by atomic mass is 9.74. The smallest absolute Gasteiger partial charge is 0.337 e. The van der Waals surface area contributed by atoms with Crippen LogP contribution in [0.2, 0.25) is 0 Å². The molecule has 1 aliphatic heterocycles. The molecule has 0 bridgehead atoms. The van der Waals surface area contributed by atoms with Crippen LogP contribution in [0, 0.1) is 22.8 Å². The molecule has 6 heteroatoms. The fourth-order valence-electron chi connectivity index (χ4n) is 4.56. The number of aliphatic hydroxyl groups excluding tert-OH is 1. The highest BCUT2D eigenvalue weighted by atomic mass is 127. The molecule has 0 radical (unpaired) electrons. The molecule has 3 rings (SSSR count). The molecule has 1 aromatic carbocycles. The van der Waals surface area contributed by atoms with E-state index >= 15 is 0 Å². The number of fused-ring (bicyclic) bond motifs is 1. The van der Waals surface area contributed by atoms with Crippen molar-refractivity contribution in [2.45, 2.75) is 78.5 Å². The molecule has 27 heavy (non-hydrogen) atoms. The van der Waals surface area contributed by atoms with Gasteiger partial charge in [0.1, 0.15) is 0 Å². The van der Waals surface area contributed by atoms with Crippen LogP contribution in [0.15, 0.2) is 0 Å². The van der Waals surface area contributed by atoms with Gasteiger partial charge in [0.15, 0.2) is 6.10 Å². The highest BCUT2D eigenvalue weighted by Crippen LogP contribution is 2.40. The number of aliphatic carboxylic acids is 1. The number of carboxylic acids is 1. The SMILES string of the molecule is Cc1c(I)c(C(O)C(=O)O)c(C)c2c1CN(C1CCC(C)(C)CC1)C(=O)C2. The van der Waals surface area contributed by atoms with Crippen molar-refractivity contribution < 1.29 is 19.8 Å². The van der Waals surface area contributed by atoms with Gasteiger partial charge in [0, 0.05) is 21.7 Å². The largest absolute Gasteiger partial charge is 0.479 e. The predicted octanol–water partition coefficient (Wildman–Crippen LogP) is 3.88. The summed E-state index contributed by atoms with van der Waals surface area (Å²) >= 11 is 2.13. The normalized spacial score (nSPS) is 21.1.